The minimum atomic E-state index is 0.172. The van der Waals surface area contributed by atoms with E-state index in [4.69, 9.17) is 0 Å². The molecule has 0 aromatic carbocycles. The van der Waals surface area contributed by atoms with Gasteiger partial charge in [0.05, 0.1) is 5.92 Å². The third kappa shape index (κ3) is 3.06. The lowest BCUT2D eigenvalue weighted by Crippen LogP contribution is -2.38. The SMILES string of the molecule is CC(Cc1cccs1)NC(=O)C1CCNC1. The lowest BCUT2D eigenvalue weighted by molar-refractivity contribution is -0.125. The maximum absolute atomic E-state index is 11.8. The summed E-state index contributed by atoms with van der Waals surface area (Å²) in [7, 11) is 0. The van der Waals surface area contributed by atoms with E-state index in [0.717, 1.165) is 25.9 Å². The second-order valence-electron chi connectivity index (χ2n) is 4.38. The Balaban J connectivity index is 1.78. The van der Waals surface area contributed by atoms with E-state index in [0.29, 0.717) is 0 Å². The number of amides is 1. The van der Waals surface area contributed by atoms with Crippen molar-refractivity contribution < 1.29 is 4.79 Å². The van der Waals surface area contributed by atoms with E-state index in [1.54, 1.807) is 11.3 Å². The van der Waals surface area contributed by atoms with E-state index in [2.05, 4.69) is 35.1 Å². The lowest BCUT2D eigenvalue weighted by atomic mass is 10.1. The average molecular weight is 238 g/mol. The van der Waals surface area contributed by atoms with Crippen LogP contribution in [0.25, 0.3) is 0 Å². The smallest absolute Gasteiger partial charge is 0.224 e. The number of hydrogen-bond acceptors (Lipinski definition) is 3. The van der Waals surface area contributed by atoms with Gasteiger partial charge in [-0.25, -0.2) is 0 Å². The third-order valence-electron chi connectivity index (χ3n) is 2.91. The van der Waals surface area contributed by atoms with Crippen molar-refractivity contribution in [1.82, 2.24) is 10.6 Å². The van der Waals surface area contributed by atoms with Gasteiger partial charge in [-0.2, -0.15) is 0 Å². The van der Waals surface area contributed by atoms with Crippen molar-refractivity contribution in [2.24, 2.45) is 5.92 Å². The molecule has 0 saturated carbocycles. The largest absolute Gasteiger partial charge is 0.353 e. The molecule has 2 atom stereocenters. The van der Waals surface area contributed by atoms with Crippen LogP contribution in [-0.4, -0.2) is 25.0 Å². The van der Waals surface area contributed by atoms with Gasteiger partial charge in [-0.1, -0.05) is 6.07 Å². The van der Waals surface area contributed by atoms with Gasteiger partial charge in [0.15, 0.2) is 0 Å². The highest BCUT2D eigenvalue weighted by molar-refractivity contribution is 7.09. The maximum Gasteiger partial charge on any atom is 0.224 e. The molecule has 4 heteroatoms. The van der Waals surface area contributed by atoms with E-state index in [1.165, 1.54) is 4.88 Å². The van der Waals surface area contributed by atoms with Crippen LogP contribution in [0.1, 0.15) is 18.2 Å². The predicted octanol–water partition coefficient (Wildman–Crippen LogP) is 1.40. The molecular formula is C12H18N2OS. The molecule has 2 rings (SSSR count). The van der Waals surface area contributed by atoms with Crippen molar-refractivity contribution in [2.45, 2.75) is 25.8 Å². The highest BCUT2D eigenvalue weighted by atomic mass is 32.1. The summed E-state index contributed by atoms with van der Waals surface area (Å²) in [6.07, 6.45) is 1.90. The van der Waals surface area contributed by atoms with Crippen LogP contribution in [0.2, 0.25) is 0 Å². The molecule has 0 bridgehead atoms. The number of carbonyl (C=O) groups excluding carboxylic acids is 1. The van der Waals surface area contributed by atoms with Gasteiger partial charge >= 0.3 is 0 Å². The van der Waals surface area contributed by atoms with Crippen LogP contribution >= 0.6 is 11.3 Å². The summed E-state index contributed by atoms with van der Waals surface area (Å²) >= 11 is 1.75. The Kier molecular flexibility index (Phi) is 3.96. The zero-order chi connectivity index (χ0) is 11.4. The van der Waals surface area contributed by atoms with Gasteiger partial charge in [-0.3, -0.25) is 4.79 Å². The number of hydrogen-bond donors (Lipinski definition) is 2. The summed E-state index contributed by atoms with van der Waals surface area (Å²) in [5, 5.41) is 8.38. The molecule has 2 unspecified atom stereocenters. The first-order valence-corrected chi connectivity index (χ1v) is 6.67. The highest BCUT2D eigenvalue weighted by Gasteiger charge is 2.23. The molecule has 0 spiro atoms. The summed E-state index contributed by atoms with van der Waals surface area (Å²) < 4.78 is 0. The molecule has 88 valence electrons. The van der Waals surface area contributed by atoms with Gasteiger partial charge in [0, 0.05) is 23.9 Å². The van der Waals surface area contributed by atoms with Crippen LogP contribution < -0.4 is 10.6 Å². The average Bonchev–Trinajstić information content (AvgIpc) is 2.88. The Labute approximate surface area is 100 Å². The predicted molar refractivity (Wildman–Crippen MR) is 66.6 cm³/mol. The molecule has 0 aliphatic carbocycles. The van der Waals surface area contributed by atoms with Gasteiger partial charge in [0.1, 0.15) is 0 Å². The lowest BCUT2D eigenvalue weighted by Gasteiger charge is -2.15. The number of thiophene rings is 1. The summed E-state index contributed by atoms with van der Waals surface area (Å²) in [5.41, 5.74) is 0. The number of nitrogens with one attached hydrogen (secondary N) is 2. The topological polar surface area (TPSA) is 41.1 Å². The molecule has 0 radical (unpaired) electrons. The molecule has 1 aliphatic rings. The van der Waals surface area contributed by atoms with Crippen LogP contribution in [0.5, 0.6) is 0 Å². The first kappa shape index (κ1) is 11.6. The van der Waals surface area contributed by atoms with Crippen molar-refractivity contribution in [2.75, 3.05) is 13.1 Å². The summed E-state index contributed by atoms with van der Waals surface area (Å²) in [4.78, 5) is 13.2. The molecule has 1 aromatic heterocycles. The molecule has 3 nitrogen and oxygen atoms in total. The summed E-state index contributed by atoms with van der Waals surface area (Å²) in [6.45, 7) is 3.87. The molecule has 1 saturated heterocycles. The Morgan fingerprint density at radius 3 is 3.25 bits per heavy atom. The van der Waals surface area contributed by atoms with Crippen LogP contribution in [-0.2, 0) is 11.2 Å². The Hall–Kier alpha value is -0.870. The van der Waals surface area contributed by atoms with Gasteiger partial charge in [-0.05, 0) is 31.3 Å². The van der Waals surface area contributed by atoms with Gasteiger partial charge in [-0.15, -0.1) is 11.3 Å². The summed E-state index contributed by atoms with van der Waals surface area (Å²) in [6, 6.07) is 4.40. The molecular weight excluding hydrogens is 220 g/mol. The number of carbonyl (C=O) groups is 1. The van der Waals surface area contributed by atoms with Crippen molar-refractivity contribution in [3.05, 3.63) is 22.4 Å². The van der Waals surface area contributed by atoms with Crippen molar-refractivity contribution in [3.8, 4) is 0 Å². The second kappa shape index (κ2) is 5.46. The van der Waals surface area contributed by atoms with E-state index in [9.17, 15) is 4.79 Å². The molecule has 1 fully saturated rings. The second-order valence-corrected chi connectivity index (χ2v) is 5.42. The van der Waals surface area contributed by atoms with Gasteiger partial charge in [0.25, 0.3) is 0 Å². The first-order chi connectivity index (χ1) is 7.75. The maximum atomic E-state index is 11.8. The third-order valence-corrected chi connectivity index (χ3v) is 3.81. The monoisotopic (exact) mass is 238 g/mol. The van der Waals surface area contributed by atoms with Crippen LogP contribution in [0.4, 0.5) is 0 Å². The fourth-order valence-electron chi connectivity index (χ4n) is 2.02. The van der Waals surface area contributed by atoms with Crippen molar-refractivity contribution in [1.29, 1.82) is 0 Å². The van der Waals surface area contributed by atoms with Gasteiger partial charge < -0.3 is 10.6 Å². The van der Waals surface area contributed by atoms with Crippen LogP contribution in [0.3, 0.4) is 0 Å². The normalized spacial score (nSPS) is 21.9. The summed E-state index contributed by atoms with van der Waals surface area (Å²) in [5.74, 6) is 0.375. The highest BCUT2D eigenvalue weighted by Crippen LogP contribution is 2.12. The van der Waals surface area contributed by atoms with E-state index < -0.39 is 0 Å². The van der Waals surface area contributed by atoms with Crippen molar-refractivity contribution >= 4 is 17.2 Å². The minimum Gasteiger partial charge on any atom is -0.353 e. The first-order valence-electron chi connectivity index (χ1n) is 5.79. The van der Waals surface area contributed by atoms with Crippen molar-refractivity contribution in [3.63, 3.8) is 0 Å². The Bertz CT molecular complexity index is 331. The number of rotatable bonds is 4. The van der Waals surface area contributed by atoms with Gasteiger partial charge in [0.2, 0.25) is 5.91 Å². The Morgan fingerprint density at radius 2 is 2.62 bits per heavy atom. The zero-order valence-corrected chi connectivity index (χ0v) is 10.3. The zero-order valence-electron chi connectivity index (χ0n) is 9.53. The molecule has 1 aliphatic heterocycles. The van der Waals surface area contributed by atoms with Crippen LogP contribution in [0, 0.1) is 5.92 Å². The Morgan fingerprint density at radius 1 is 1.75 bits per heavy atom. The van der Waals surface area contributed by atoms with E-state index in [1.807, 2.05) is 0 Å². The van der Waals surface area contributed by atoms with Crippen LogP contribution in [0.15, 0.2) is 17.5 Å². The standard InChI is InChI=1S/C12H18N2OS/c1-9(7-11-3-2-6-16-11)14-12(15)10-4-5-13-8-10/h2-3,6,9-10,13H,4-5,7-8H2,1H3,(H,14,15). The fraction of sp³-hybridized carbons (Fsp3) is 0.583. The molecule has 2 N–H and O–H groups in total. The molecule has 2 heterocycles. The molecule has 16 heavy (non-hydrogen) atoms. The quantitative estimate of drug-likeness (QED) is 0.832. The molecule has 1 aromatic rings. The fourth-order valence-corrected chi connectivity index (χ4v) is 2.86. The minimum absolute atomic E-state index is 0.172. The van der Waals surface area contributed by atoms with E-state index >= 15 is 0 Å². The molecule has 1 amide bonds. The van der Waals surface area contributed by atoms with E-state index in [-0.39, 0.29) is 17.9 Å².